The summed E-state index contributed by atoms with van der Waals surface area (Å²) >= 11 is 0. The van der Waals surface area contributed by atoms with E-state index < -0.39 is 6.10 Å². The SMILES string of the molecule is Cc1cc(C)cc(COc2ccc([C@@H](C)O)cc2)c1. The van der Waals surface area contributed by atoms with Gasteiger partial charge in [-0.1, -0.05) is 41.5 Å². The van der Waals surface area contributed by atoms with E-state index in [1.807, 2.05) is 24.3 Å². The Hall–Kier alpha value is -1.80. The normalized spacial score (nSPS) is 12.2. The summed E-state index contributed by atoms with van der Waals surface area (Å²) < 4.78 is 5.76. The monoisotopic (exact) mass is 256 g/mol. The molecule has 0 heterocycles. The van der Waals surface area contributed by atoms with Crippen molar-refractivity contribution in [3.63, 3.8) is 0 Å². The number of aliphatic hydroxyl groups excluding tert-OH is 1. The van der Waals surface area contributed by atoms with Crippen molar-refractivity contribution >= 4 is 0 Å². The van der Waals surface area contributed by atoms with E-state index in [2.05, 4.69) is 32.0 Å². The summed E-state index contributed by atoms with van der Waals surface area (Å²) in [6.45, 7) is 6.50. The summed E-state index contributed by atoms with van der Waals surface area (Å²) in [5.74, 6) is 0.823. The van der Waals surface area contributed by atoms with Crippen LogP contribution in [0.3, 0.4) is 0 Å². The molecule has 1 N–H and O–H groups in total. The molecule has 0 fully saturated rings. The summed E-state index contributed by atoms with van der Waals surface area (Å²) in [7, 11) is 0. The maximum absolute atomic E-state index is 9.44. The third-order valence-electron chi connectivity index (χ3n) is 3.05. The molecule has 1 atom stereocenters. The lowest BCUT2D eigenvalue weighted by Gasteiger charge is -2.09. The van der Waals surface area contributed by atoms with Gasteiger partial charge in [0.25, 0.3) is 0 Å². The zero-order chi connectivity index (χ0) is 13.8. The van der Waals surface area contributed by atoms with Gasteiger partial charge in [-0.25, -0.2) is 0 Å². The average molecular weight is 256 g/mol. The molecule has 2 rings (SSSR count). The molecule has 2 aromatic carbocycles. The largest absolute Gasteiger partial charge is 0.489 e. The molecule has 0 amide bonds. The maximum Gasteiger partial charge on any atom is 0.119 e. The Morgan fingerprint density at radius 2 is 1.58 bits per heavy atom. The minimum atomic E-state index is -0.437. The first-order valence-electron chi connectivity index (χ1n) is 6.52. The molecule has 0 unspecified atom stereocenters. The molecule has 0 aliphatic rings. The Kier molecular flexibility index (Phi) is 4.23. The standard InChI is InChI=1S/C17H20O2/c1-12-8-13(2)10-15(9-12)11-19-17-6-4-16(5-7-17)14(3)18/h4-10,14,18H,11H2,1-3H3/t14-/m1/s1. The lowest BCUT2D eigenvalue weighted by Crippen LogP contribution is -1.97. The van der Waals surface area contributed by atoms with E-state index in [4.69, 9.17) is 4.74 Å². The Morgan fingerprint density at radius 1 is 1.00 bits per heavy atom. The van der Waals surface area contributed by atoms with Crippen LogP contribution in [0.1, 0.15) is 35.3 Å². The van der Waals surface area contributed by atoms with Crippen molar-refractivity contribution in [3.8, 4) is 5.75 Å². The minimum Gasteiger partial charge on any atom is -0.489 e. The fraction of sp³-hybridized carbons (Fsp3) is 0.294. The number of ether oxygens (including phenoxy) is 1. The molecule has 0 aliphatic heterocycles. The van der Waals surface area contributed by atoms with Crippen molar-refractivity contribution in [3.05, 3.63) is 64.7 Å². The van der Waals surface area contributed by atoms with Gasteiger partial charge in [-0.15, -0.1) is 0 Å². The van der Waals surface area contributed by atoms with Crippen molar-refractivity contribution in [1.82, 2.24) is 0 Å². The molecule has 0 bridgehead atoms. The zero-order valence-electron chi connectivity index (χ0n) is 11.7. The predicted octanol–water partition coefficient (Wildman–Crippen LogP) is 3.94. The number of aryl methyl sites for hydroxylation is 2. The molecule has 100 valence electrons. The van der Waals surface area contributed by atoms with Crippen LogP contribution >= 0.6 is 0 Å². The molecule has 0 saturated heterocycles. The fourth-order valence-electron chi connectivity index (χ4n) is 2.16. The van der Waals surface area contributed by atoms with E-state index in [0.29, 0.717) is 6.61 Å². The molecular formula is C17H20O2. The molecule has 2 aromatic rings. The zero-order valence-corrected chi connectivity index (χ0v) is 11.7. The molecule has 19 heavy (non-hydrogen) atoms. The summed E-state index contributed by atoms with van der Waals surface area (Å²) in [6.07, 6.45) is -0.437. The van der Waals surface area contributed by atoms with E-state index in [9.17, 15) is 5.11 Å². The van der Waals surface area contributed by atoms with Crippen LogP contribution in [-0.4, -0.2) is 5.11 Å². The van der Waals surface area contributed by atoms with Crippen LogP contribution in [0.4, 0.5) is 0 Å². The van der Waals surface area contributed by atoms with Gasteiger partial charge >= 0.3 is 0 Å². The molecule has 2 nitrogen and oxygen atoms in total. The second-order valence-corrected chi connectivity index (χ2v) is 5.03. The first-order valence-corrected chi connectivity index (χ1v) is 6.52. The van der Waals surface area contributed by atoms with Crippen molar-refractivity contribution in [2.24, 2.45) is 0 Å². The van der Waals surface area contributed by atoms with Gasteiger partial charge in [0, 0.05) is 0 Å². The van der Waals surface area contributed by atoms with Crippen LogP contribution in [0.15, 0.2) is 42.5 Å². The highest BCUT2D eigenvalue weighted by atomic mass is 16.5. The van der Waals surface area contributed by atoms with Crippen LogP contribution in [0.5, 0.6) is 5.75 Å². The molecule has 0 radical (unpaired) electrons. The van der Waals surface area contributed by atoms with E-state index in [1.165, 1.54) is 16.7 Å². The molecule has 0 saturated carbocycles. The summed E-state index contributed by atoms with van der Waals surface area (Å²) in [4.78, 5) is 0. The number of benzene rings is 2. The number of hydrogen-bond acceptors (Lipinski definition) is 2. The van der Waals surface area contributed by atoms with E-state index >= 15 is 0 Å². The first-order chi connectivity index (χ1) is 9.04. The van der Waals surface area contributed by atoms with Gasteiger partial charge in [-0.2, -0.15) is 0 Å². The molecule has 0 spiro atoms. The highest BCUT2D eigenvalue weighted by molar-refractivity contribution is 5.30. The van der Waals surface area contributed by atoms with Crippen LogP contribution < -0.4 is 4.74 Å². The fourth-order valence-corrected chi connectivity index (χ4v) is 2.16. The van der Waals surface area contributed by atoms with Gasteiger partial charge in [0.2, 0.25) is 0 Å². The third kappa shape index (κ3) is 3.83. The molecular weight excluding hydrogens is 236 g/mol. The topological polar surface area (TPSA) is 29.5 Å². The summed E-state index contributed by atoms with van der Waals surface area (Å²) in [5.41, 5.74) is 4.59. The molecule has 0 aromatic heterocycles. The Balaban J connectivity index is 2.02. The van der Waals surface area contributed by atoms with Crippen molar-refractivity contribution in [2.45, 2.75) is 33.5 Å². The number of hydrogen-bond donors (Lipinski definition) is 1. The van der Waals surface area contributed by atoms with Gasteiger partial charge < -0.3 is 9.84 Å². The number of aliphatic hydroxyl groups is 1. The third-order valence-corrected chi connectivity index (χ3v) is 3.05. The Labute approximate surface area is 114 Å². The second kappa shape index (κ2) is 5.89. The van der Waals surface area contributed by atoms with Gasteiger partial charge in [0.15, 0.2) is 0 Å². The van der Waals surface area contributed by atoms with Crippen molar-refractivity contribution in [2.75, 3.05) is 0 Å². The summed E-state index contributed by atoms with van der Waals surface area (Å²) in [6, 6.07) is 14.0. The maximum atomic E-state index is 9.44. The quantitative estimate of drug-likeness (QED) is 0.898. The van der Waals surface area contributed by atoms with Crippen LogP contribution in [0, 0.1) is 13.8 Å². The smallest absolute Gasteiger partial charge is 0.119 e. The van der Waals surface area contributed by atoms with Crippen LogP contribution in [-0.2, 0) is 6.61 Å². The Morgan fingerprint density at radius 3 is 2.11 bits per heavy atom. The van der Waals surface area contributed by atoms with Crippen LogP contribution in [0.25, 0.3) is 0 Å². The summed E-state index contributed by atoms with van der Waals surface area (Å²) in [5, 5.41) is 9.44. The second-order valence-electron chi connectivity index (χ2n) is 5.03. The van der Waals surface area contributed by atoms with Crippen LogP contribution in [0.2, 0.25) is 0 Å². The predicted molar refractivity (Wildman–Crippen MR) is 77.3 cm³/mol. The van der Waals surface area contributed by atoms with Gasteiger partial charge in [-0.3, -0.25) is 0 Å². The highest BCUT2D eigenvalue weighted by Gasteiger charge is 2.01. The molecule has 2 heteroatoms. The van der Waals surface area contributed by atoms with Gasteiger partial charge in [0.1, 0.15) is 12.4 Å². The first kappa shape index (κ1) is 13.6. The Bertz CT molecular complexity index is 521. The van der Waals surface area contributed by atoms with E-state index in [1.54, 1.807) is 6.92 Å². The minimum absolute atomic E-state index is 0.437. The van der Waals surface area contributed by atoms with E-state index in [-0.39, 0.29) is 0 Å². The van der Waals surface area contributed by atoms with Gasteiger partial charge in [-0.05, 0) is 44.0 Å². The van der Waals surface area contributed by atoms with E-state index in [0.717, 1.165) is 11.3 Å². The lowest BCUT2D eigenvalue weighted by molar-refractivity contribution is 0.199. The molecule has 0 aliphatic carbocycles. The van der Waals surface area contributed by atoms with Gasteiger partial charge in [0.05, 0.1) is 6.10 Å². The average Bonchev–Trinajstić information content (AvgIpc) is 2.36. The van der Waals surface area contributed by atoms with Crippen molar-refractivity contribution < 1.29 is 9.84 Å². The highest BCUT2D eigenvalue weighted by Crippen LogP contribution is 2.19. The lowest BCUT2D eigenvalue weighted by atomic mass is 10.1. The number of rotatable bonds is 4. The van der Waals surface area contributed by atoms with Crippen molar-refractivity contribution in [1.29, 1.82) is 0 Å².